The molecular weight excluding hydrogens is 384 g/mol. The Morgan fingerprint density at radius 1 is 0.933 bits per heavy atom. The first-order chi connectivity index (χ1) is 14.6. The number of carbonyl (C=O) groups excluding carboxylic acids is 2. The maximum absolute atomic E-state index is 13.4. The third-order valence-corrected chi connectivity index (χ3v) is 5.12. The fourth-order valence-electron chi connectivity index (χ4n) is 3.65. The molecular formula is C22H16N4O4. The molecule has 0 spiro atoms. The van der Waals surface area contributed by atoms with Crippen LogP contribution in [0.3, 0.4) is 0 Å². The quantitative estimate of drug-likeness (QED) is 0.527. The third kappa shape index (κ3) is 2.54. The van der Waals surface area contributed by atoms with Crippen LogP contribution in [0.1, 0.15) is 20.7 Å². The van der Waals surface area contributed by atoms with E-state index in [1.165, 1.54) is 13.3 Å². The number of aromatic nitrogens is 3. The number of anilines is 1. The van der Waals surface area contributed by atoms with Crippen molar-refractivity contribution in [2.75, 3.05) is 19.1 Å². The Morgan fingerprint density at radius 3 is 2.43 bits per heavy atom. The van der Waals surface area contributed by atoms with Crippen LogP contribution in [0.4, 0.5) is 5.69 Å². The second-order valence-electron chi connectivity index (χ2n) is 6.72. The summed E-state index contributed by atoms with van der Waals surface area (Å²) in [5, 5.41) is 7.70. The fraction of sp³-hybridized carbons (Fsp3) is 0.0909. The average molecular weight is 400 g/mol. The third-order valence-electron chi connectivity index (χ3n) is 5.12. The summed E-state index contributed by atoms with van der Waals surface area (Å²) in [6.07, 6.45) is 1.40. The Labute approximate surface area is 171 Å². The summed E-state index contributed by atoms with van der Waals surface area (Å²) in [4.78, 5) is 31.9. The van der Waals surface area contributed by atoms with Gasteiger partial charge in [0, 0.05) is 17.8 Å². The summed E-state index contributed by atoms with van der Waals surface area (Å²) < 4.78 is 10.4. The van der Waals surface area contributed by atoms with E-state index in [9.17, 15) is 9.59 Å². The van der Waals surface area contributed by atoms with Crippen LogP contribution in [-0.4, -0.2) is 41.2 Å². The van der Waals surface area contributed by atoms with Gasteiger partial charge in [0.2, 0.25) is 0 Å². The van der Waals surface area contributed by atoms with E-state index in [0.717, 1.165) is 10.5 Å². The van der Waals surface area contributed by atoms with E-state index in [2.05, 4.69) is 15.2 Å². The van der Waals surface area contributed by atoms with E-state index in [-0.39, 0.29) is 11.1 Å². The van der Waals surface area contributed by atoms with Crippen molar-refractivity contribution in [1.82, 2.24) is 15.2 Å². The largest absolute Gasteiger partial charge is 0.497 e. The summed E-state index contributed by atoms with van der Waals surface area (Å²) >= 11 is 0. The molecule has 1 N–H and O–H groups in total. The molecule has 2 aromatic heterocycles. The van der Waals surface area contributed by atoms with Crippen LogP contribution < -0.4 is 14.4 Å². The van der Waals surface area contributed by atoms with Crippen LogP contribution >= 0.6 is 0 Å². The molecule has 3 heterocycles. The zero-order valence-corrected chi connectivity index (χ0v) is 16.2. The smallest absolute Gasteiger partial charge is 0.267 e. The number of fused-ring (bicyclic) bond motifs is 3. The second-order valence-corrected chi connectivity index (χ2v) is 6.72. The Balaban J connectivity index is 1.68. The number of methoxy groups -OCH3 is 2. The summed E-state index contributed by atoms with van der Waals surface area (Å²) in [5.41, 5.74) is 2.74. The summed E-state index contributed by atoms with van der Waals surface area (Å²) in [6.45, 7) is 0. The van der Waals surface area contributed by atoms with Crippen molar-refractivity contribution in [2.45, 2.75) is 0 Å². The van der Waals surface area contributed by atoms with Crippen molar-refractivity contribution in [3.05, 3.63) is 65.9 Å². The van der Waals surface area contributed by atoms with Crippen LogP contribution in [0.5, 0.6) is 11.5 Å². The highest BCUT2D eigenvalue weighted by Crippen LogP contribution is 2.37. The first-order valence-corrected chi connectivity index (χ1v) is 9.16. The van der Waals surface area contributed by atoms with Gasteiger partial charge in [-0.25, -0.2) is 9.88 Å². The Bertz CT molecular complexity index is 1310. The van der Waals surface area contributed by atoms with Gasteiger partial charge in [0.15, 0.2) is 5.65 Å². The number of ether oxygens (including phenoxy) is 2. The van der Waals surface area contributed by atoms with Gasteiger partial charge in [-0.3, -0.25) is 14.7 Å². The van der Waals surface area contributed by atoms with Crippen LogP contribution in [0.15, 0.2) is 54.7 Å². The van der Waals surface area contributed by atoms with Crippen molar-refractivity contribution < 1.29 is 19.1 Å². The SMILES string of the molecule is COc1ccc(-c2[nH]nc3ncc4c(c23)C(=O)N(c2cccc(OC)c2)C4=O)cc1. The first-order valence-electron chi connectivity index (χ1n) is 9.16. The number of amides is 2. The first kappa shape index (κ1) is 17.9. The predicted molar refractivity (Wildman–Crippen MR) is 110 cm³/mol. The molecule has 1 aliphatic rings. The van der Waals surface area contributed by atoms with Crippen LogP contribution in [-0.2, 0) is 0 Å². The van der Waals surface area contributed by atoms with Gasteiger partial charge in [-0.1, -0.05) is 6.07 Å². The van der Waals surface area contributed by atoms with Crippen molar-refractivity contribution >= 4 is 28.5 Å². The molecule has 2 aromatic carbocycles. The van der Waals surface area contributed by atoms with Gasteiger partial charge in [-0.05, 0) is 36.4 Å². The molecule has 8 heteroatoms. The minimum absolute atomic E-state index is 0.242. The van der Waals surface area contributed by atoms with E-state index < -0.39 is 11.8 Å². The zero-order chi connectivity index (χ0) is 20.8. The lowest BCUT2D eigenvalue weighted by Gasteiger charge is -2.14. The number of nitrogens with zero attached hydrogens (tertiary/aromatic N) is 3. The molecule has 4 aromatic rings. The minimum atomic E-state index is -0.431. The van der Waals surface area contributed by atoms with Gasteiger partial charge in [0.05, 0.1) is 42.1 Å². The number of aromatic amines is 1. The molecule has 30 heavy (non-hydrogen) atoms. The molecule has 2 amide bonds. The average Bonchev–Trinajstić information content (AvgIpc) is 3.32. The molecule has 0 fully saturated rings. The Kier molecular flexibility index (Phi) is 3.99. The van der Waals surface area contributed by atoms with Gasteiger partial charge in [0.1, 0.15) is 11.5 Å². The summed E-state index contributed by atoms with van der Waals surface area (Å²) in [6, 6.07) is 14.1. The molecule has 0 bridgehead atoms. The molecule has 0 saturated heterocycles. The molecule has 0 radical (unpaired) electrons. The van der Waals surface area contributed by atoms with Crippen molar-refractivity contribution in [3.8, 4) is 22.8 Å². The number of rotatable bonds is 4. The van der Waals surface area contributed by atoms with E-state index >= 15 is 0 Å². The number of H-pyrrole nitrogens is 1. The lowest BCUT2D eigenvalue weighted by molar-refractivity contribution is 0.0926. The maximum atomic E-state index is 13.4. The Hall–Kier alpha value is -4.20. The topological polar surface area (TPSA) is 97.4 Å². The van der Waals surface area contributed by atoms with E-state index in [0.29, 0.717) is 33.9 Å². The highest BCUT2D eigenvalue weighted by atomic mass is 16.5. The zero-order valence-electron chi connectivity index (χ0n) is 16.2. The highest BCUT2D eigenvalue weighted by Gasteiger charge is 2.40. The van der Waals surface area contributed by atoms with Gasteiger partial charge >= 0.3 is 0 Å². The number of benzene rings is 2. The van der Waals surface area contributed by atoms with Gasteiger partial charge < -0.3 is 9.47 Å². The van der Waals surface area contributed by atoms with E-state index in [4.69, 9.17) is 9.47 Å². The predicted octanol–water partition coefficient (Wildman–Crippen LogP) is 3.44. The lowest BCUT2D eigenvalue weighted by Crippen LogP contribution is -2.29. The molecule has 0 atom stereocenters. The maximum Gasteiger partial charge on any atom is 0.267 e. The highest BCUT2D eigenvalue weighted by molar-refractivity contribution is 6.38. The van der Waals surface area contributed by atoms with Crippen LogP contribution in [0, 0.1) is 0 Å². The lowest BCUT2D eigenvalue weighted by atomic mass is 10.0. The molecule has 148 valence electrons. The normalized spacial score (nSPS) is 13.1. The van der Waals surface area contributed by atoms with Gasteiger partial charge in [0.25, 0.3) is 11.8 Å². The number of carbonyl (C=O) groups is 2. The van der Waals surface area contributed by atoms with Crippen LogP contribution in [0.25, 0.3) is 22.3 Å². The standard InChI is InChI=1S/C22H16N4O4/c1-29-14-8-6-12(7-9-14)19-18-17-16(11-23-20(18)25-24-19)21(27)26(22(17)28)13-4-3-5-15(10-13)30-2/h3-11H,1-2H3,(H,23,24,25). The van der Waals surface area contributed by atoms with Crippen LogP contribution in [0.2, 0.25) is 0 Å². The molecule has 8 nitrogen and oxygen atoms in total. The fourth-order valence-corrected chi connectivity index (χ4v) is 3.65. The molecule has 5 rings (SSSR count). The second kappa shape index (κ2) is 6.70. The minimum Gasteiger partial charge on any atom is -0.497 e. The monoisotopic (exact) mass is 400 g/mol. The van der Waals surface area contributed by atoms with Gasteiger partial charge in [-0.15, -0.1) is 0 Å². The Morgan fingerprint density at radius 2 is 1.70 bits per heavy atom. The molecule has 1 aliphatic heterocycles. The summed E-state index contributed by atoms with van der Waals surface area (Å²) in [7, 11) is 3.12. The molecule has 0 saturated carbocycles. The van der Waals surface area contributed by atoms with Gasteiger partial charge in [-0.2, -0.15) is 5.10 Å². The van der Waals surface area contributed by atoms with Crippen molar-refractivity contribution in [1.29, 1.82) is 0 Å². The van der Waals surface area contributed by atoms with Crippen molar-refractivity contribution in [2.24, 2.45) is 0 Å². The molecule has 0 unspecified atom stereocenters. The summed E-state index contributed by atoms with van der Waals surface area (Å²) in [5.74, 6) is 0.405. The van der Waals surface area contributed by atoms with E-state index in [1.807, 2.05) is 24.3 Å². The number of nitrogens with one attached hydrogen (secondary N) is 1. The number of pyridine rings is 1. The van der Waals surface area contributed by atoms with Crippen molar-refractivity contribution in [3.63, 3.8) is 0 Å². The number of hydrogen-bond acceptors (Lipinski definition) is 6. The molecule has 0 aliphatic carbocycles. The number of hydrogen-bond donors (Lipinski definition) is 1. The van der Waals surface area contributed by atoms with E-state index in [1.54, 1.807) is 31.4 Å². The number of imide groups is 1.